The van der Waals surface area contributed by atoms with Gasteiger partial charge in [0.25, 0.3) is 6.20 Å². The van der Waals surface area contributed by atoms with Gasteiger partial charge in [-0.2, -0.15) is 0 Å². The molecule has 1 heterocycles. The van der Waals surface area contributed by atoms with E-state index in [2.05, 4.69) is 5.43 Å². The second-order valence-electron chi connectivity index (χ2n) is 2.99. The van der Waals surface area contributed by atoms with Crippen LogP contribution in [0.25, 0.3) is 0 Å². The summed E-state index contributed by atoms with van der Waals surface area (Å²) in [7, 11) is 0. The van der Waals surface area contributed by atoms with E-state index < -0.39 is 4.92 Å². The Morgan fingerprint density at radius 2 is 2.08 bits per heavy atom. The quantitative estimate of drug-likeness (QED) is 0.368. The van der Waals surface area contributed by atoms with Crippen LogP contribution in [0.2, 0.25) is 0 Å². The van der Waals surface area contributed by atoms with E-state index in [1.165, 1.54) is 6.42 Å². The van der Waals surface area contributed by atoms with Gasteiger partial charge < -0.3 is 10.3 Å². The van der Waals surface area contributed by atoms with Crippen LogP contribution in [0.3, 0.4) is 0 Å². The van der Waals surface area contributed by atoms with E-state index in [0.29, 0.717) is 5.82 Å². The minimum absolute atomic E-state index is 0.393. The fraction of sp³-hybridized carbons (Fsp3) is 0.714. The van der Waals surface area contributed by atoms with Crippen LogP contribution in [0, 0.1) is 10.1 Å². The lowest BCUT2D eigenvalue weighted by Crippen LogP contribution is -2.39. The molecule has 0 unspecified atom stereocenters. The Bertz CT molecular complexity index is 211. The molecule has 0 aromatic carbocycles. The zero-order valence-electron chi connectivity index (χ0n) is 7.40. The molecule has 13 heavy (non-hydrogen) atoms. The van der Waals surface area contributed by atoms with Gasteiger partial charge >= 0.3 is 0 Å². The summed E-state index contributed by atoms with van der Waals surface area (Å²) in [5.41, 5.74) is 2.35. The number of nitrogens with zero attached hydrogens (tertiary/aromatic N) is 2. The van der Waals surface area contributed by atoms with Gasteiger partial charge in [-0.25, -0.2) is 5.84 Å². The molecular formula is C7H14N4O2. The van der Waals surface area contributed by atoms with Gasteiger partial charge in [-0.3, -0.25) is 10.1 Å². The molecule has 74 valence electrons. The first kappa shape index (κ1) is 9.79. The summed E-state index contributed by atoms with van der Waals surface area (Å²) in [5, 5.41) is 10.2. The topological polar surface area (TPSA) is 84.4 Å². The highest BCUT2D eigenvalue weighted by atomic mass is 16.6. The predicted octanol–water partition coefficient (Wildman–Crippen LogP) is 0.0112. The van der Waals surface area contributed by atoms with Crippen LogP contribution in [0.5, 0.6) is 0 Å². The van der Waals surface area contributed by atoms with Gasteiger partial charge in [-0.05, 0) is 19.3 Å². The van der Waals surface area contributed by atoms with Crippen molar-refractivity contribution in [3.8, 4) is 0 Å². The number of piperidine rings is 1. The zero-order valence-corrected chi connectivity index (χ0v) is 7.40. The minimum Gasteiger partial charge on any atom is -0.352 e. The molecule has 0 saturated carbocycles. The molecule has 0 amide bonds. The maximum absolute atomic E-state index is 10.2. The Kier molecular flexibility index (Phi) is 3.51. The van der Waals surface area contributed by atoms with Gasteiger partial charge in [0.1, 0.15) is 0 Å². The Hall–Kier alpha value is -1.30. The fourth-order valence-corrected chi connectivity index (χ4v) is 1.44. The van der Waals surface area contributed by atoms with Crippen molar-refractivity contribution in [2.45, 2.75) is 19.3 Å². The van der Waals surface area contributed by atoms with Crippen LogP contribution in [0.15, 0.2) is 12.0 Å². The largest absolute Gasteiger partial charge is 0.352 e. The van der Waals surface area contributed by atoms with E-state index in [0.717, 1.165) is 32.1 Å². The maximum Gasteiger partial charge on any atom is 0.275 e. The lowest BCUT2D eigenvalue weighted by molar-refractivity contribution is -0.404. The number of nitrogens with two attached hydrogens (primary N) is 1. The molecule has 0 bridgehead atoms. The molecule has 3 N–H and O–H groups in total. The van der Waals surface area contributed by atoms with Gasteiger partial charge in [0, 0.05) is 13.1 Å². The van der Waals surface area contributed by atoms with E-state index in [1.807, 2.05) is 4.90 Å². The Morgan fingerprint density at radius 3 is 2.54 bits per heavy atom. The van der Waals surface area contributed by atoms with Crippen molar-refractivity contribution < 1.29 is 4.92 Å². The molecule has 0 aromatic heterocycles. The van der Waals surface area contributed by atoms with Crippen LogP contribution in [0.4, 0.5) is 0 Å². The van der Waals surface area contributed by atoms with Gasteiger partial charge in [-0.15, -0.1) is 0 Å². The highest BCUT2D eigenvalue weighted by Gasteiger charge is 2.14. The van der Waals surface area contributed by atoms with Crippen LogP contribution < -0.4 is 11.3 Å². The van der Waals surface area contributed by atoms with E-state index in [4.69, 9.17) is 5.84 Å². The van der Waals surface area contributed by atoms with Gasteiger partial charge in [-0.1, -0.05) is 0 Å². The molecule has 1 aliphatic heterocycles. The van der Waals surface area contributed by atoms with Crippen LogP contribution in [-0.4, -0.2) is 22.9 Å². The maximum atomic E-state index is 10.2. The normalized spacial score (nSPS) is 18.5. The standard InChI is InChI=1S/C7H14N4O2/c8-9-7(6-11(12)13)10-4-2-1-3-5-10/h6,9H,1-5,8H2/b7-6-. The number of hydrazine groups is 1. The molecule has 0 atom stereocenters. The molecular weight excluding hydrogens is 172 g/mol. The van der Waals surface area contributed by atoms with Crippen LogP contribution in [-0.2, 0) is 0 Å². The predicted molar refractivity (Wildman–Crippen MR) is 47.8 cm³/mol. The second-order valence-corrected chi connectivity index (χ2v) is 2.99. The summed E-state index contributed by atoms with van der Waals surface area (Å²) >= 11 is 0. The number of rotatable bonds is 3. The summed E-state index contributed by atoms with van der Waals surface area (Å²) in [6.45, 7) is 1.67. The molecule has 0 aliphatic carbocycles. The van der Waals surface area contributed by atoms with Crippen LogP contribution in [0.1, 0.15) is 19.3 Å². The molecule has 1 aliphatic rings. The SMILES string of the molecule is NN/C(=C/[N+](=O)[O-])N1CCCCC1. The molecule has 6 heteroatoms. The highest BCUT2D eigenvalue weighted by Crippen LogP contribution is 2.12. The average molecular weight is 186 g/mol. The Labute approximate surface area is 76.5 Å². The summed E-state index contributed by atoms with van der Waals surface area (Å²) < 4.78 is 0. The number of likely N-dealkylation sites (tertiary alicyclic amines) is 1. The van der Waals surface area contributed by atoms with E-state index in [9.17, 15) is 10.1 Å². The van der Waals surface area contributed by atoms with Crippen molar-refractivity contribution in [1.82, 2.24) is 10.3 Å². The lowest BCUT2D eigenvalue weighted by Gasteiger charge is -2.28. The van der Waals surface area contributed by atoms with Gasteiger partial charge in [0.05, 0.1) is 4.92 Å². The number of nitro groups is 1. The summed E-state index contributed by atoms with van der Waals surface area (Å²) in [6, 6.07) is 0. The number of nitrogens with one attached hydrogen (secondary N) is 1. The fourth-order valence-electron chi connectivity index (χ4n) is 1.44. The Morgan fingerprint density at radius 1 is 1.46 bits per heavy atom. The Balaban J connectivity index is 2.58. The zero-order chi connectivity index (χ0) is 9.68. The highest BCUT2D eigenvalue weighted by molar-refractivity contribution is 4.93. The monoisotopic (exact) mass is 186 g/mol. The second kappa shape index (κ2) is 4.66. The number of hydrogen-bond acceptors (Lipinski definition) is 5. The molecule has 0 radical (unpaired) electrons. The summed E-state index contributed by atoms with van der Waals surface area (Å²) in [6.07, 6.45) is 4.23. The third-order valence-corrected chi connectivity index (χ3v) is 2.07. The molecule has 0 spiro atoms. The minimum atomic E-state index is -0.496. The van der Waals surface area contributed by atoms with E-state index in [1.54, 1.807) is 0 Å². The lowest BCUT2D eigenvalue weighted by atomic mass is 10.1. The van der Waals surface area contributed by atoms with E-state index in [-0.39, 0.29) is 0 Å². The molecule has 6 nitrogen and oxygen atoms in total. The van der Waals surface area contributed by atoms with Crippen molar-refractivity contribution in [1.29, 1.82) is 0 Å². The third-order valence-electron chi connectivity index (χ3n) is 2.07. The smallest absolute Gasteiger partial charge is 0.275 e. The first-order valence-electron chi connectivity index (χ1n) is 4.31. The summed E-state index contributed by atoms with van der Waals surface area (Å²) in [5.74, 6) is 5.58. The van der Waals surface area contributed by atoms with Crippen LogP contribution >= 0.6 is 0 Å². The van der Waals surface area contributed by atoms with Crippen molar-refractivity contribution >= 4 is 0 Å². The third kappa shape index (κ3) is 2.90. The van der Waals surface area contributed by atoms with Crippen molar-refractivity contribution in [2.24, 2.45) is 5.84 Å². The van der Waals surface area contributed by atoms with Crippen molar-refractivity contribution in [3.63, 3.8) is 0 Å². The number of hydrogen-bond donors (Lipinski definition) is 2. The summed E-state index contributed by atoms with van der Waals surface area (Å²) in [4.78, 5) is 11.6. The van der Waals surface area contributed by atoms with Crippen molar-refractivity contribution in [2.75, 3.05) is 13.1 Å². The first-order chi connectivity index (χ1) is 6.24. The molecule has 1 rings (SSSR count). The van der Waals surface area contributed by atoms with E-state index >= 15 is 0 Å². The molecule has 1 fully saturated rings. The molecule has 1 saturated heterocycles. The first-order valence-corrected chi connectivity index (χ1v) is 4.31. The molecule has 0 aromatic rings. The van der Waals surface area contributed by atoms with Crippen molar-refractivity contribution in [3.05, 3.63) is 22.1 Å². The average Bonchev–Trinajstić information content (AvgIpc) is 2.15. The van der Waals surface area contributed by atoms with Gasteiger partial charge in [0.15, 0.2) is 5.82 Å². The van der Waals surface area contributed by atoms with Gasteiger partial charge in [0.2, 0.25) is 0 Å².